The highest BCUT2D eigenvalue weighted by molar-refractivity contribution is 5.90. The number of hydrogen-bond acceptors (Lipinski definition) is 7. The van der Waals surface area contributed by atoms with Gasteiger partial charge in [0.1, 0.15) is 6.10 Å². The normalized spacial score (nSPS) is 21.0. The lowest BCUT2D eigenvalue weighted by atomic mass is 9.94. The number of anilines is 2. The molecule has 1 aromatic carbocycles. The highest BCUT2D eigenvalue weighted by Crippen LogP contribution is 2.30. The molecule has 2 aliphatic rings. The van der Waals surface area contributed by atoms with Crippen molar-refractivity contribution in [2.45, 2.75) is 25.5 Å². The number of aromatic nitrogens is 2. The third-order valence-corrected chi connectivity index (χ3v) is 5.45. The summed E-state index contributed by atoms with van der Waals surface area (Å²) < 4.78 is 5.32. The fourth-order valence-corrected chi connectivity index (χ4v) is 3.84. The Morgan fingerprint density at radius 3 is 2.68 bits per heavy atom. The topological polar surface area (TPSA) is 108 Å². The summed E-state index contributed by atoms with van der Waals surface area (Å²) in [5.41, 5.74) is 2.91. The average Bonchev–Trinajstić information content (AvgIpc) is 3.18. The molecule has 2 aliphatic heterocycles. The van der Waals surface area contributed by atoms with E-state index in [9.17, 15) is 14.7 Å². The minimum atomic E-state index is -0.418. The number of rotatable bonds is 6. The number of hydrogen-bond donors (Lipinski definition) is 2. The maximum Gasteiger partial charge on any atom is 0.414 e. The number of aliphatic hydroxyl groups is 1. The molecule has 31 heavy (non-hydrogen) atoms. The number of benzene rings is 1. The average molecular weight is 423 g/mol. The zero-order valence-corrected chi connectivity index (χ0v) is 17.3. The second-order valence-electron chi connectivity index (χ2n) is 7.57. The number of nitrogens with one attached hydrogen (secondary N) is 1. The summed E-state index contributed by atoms with van der Waals surface area (Å²) in [5.74, 6) is 0.451. The summed E-state index contributed by atoms with van der Waals surface area (Å²) in [6.07, 6.45) is 5.38. The molecule has 3 heterocycles. The van der Waals surface area contributed by atoms with Crippen molar-refractivity contribution >= 4 is 29.2 Å². The molecule has 0 saturated carbocycles. The van der Waals surface area contributed by atoms with Gasteiger partial charge < -0.3 is 20.1 Å². The molecule has 9 nitrogen and oxygen atoms in total. The molecule has 1 fully saturated rings. The number of carbonyl (C=O) groups excluding carboxylic acids is 2. The number of nitrogens with zero attached hydrogens (tertiary/aromatic N) is 4. The predicted octanol–water partition coefficient (Wildman–Crippen LogP) is 1.59. The van der Waals surface area contributed by atoms with E-state index in [2.05, 4.69) is 21.4 Å². The monoisotopic (exact) mass is 423 g/mol. The standard InChI is InChI=1S/C22H25N5O4/c1-15(29)25-12-20-13-27(22(30)31-20)18-5-3-16(4-6-18)17-7-10-26(19(11-17)14-28)21-23-8-2-9-24-21/h2-9,19-20,28H,10-14H2,1H3,(H,25,29)/t19?,20-/m0/s1. The van der Waals surface area contributed by atoms with Crippen molar-refractivity contribution in [3.63, 3.8) is 0 Å². The van der Waals surface area contributed by atoms with Gasteiger partial charge in [-0.2, -0.15) is 0 Å². The quantitative estimate of drug-likeness (QED) is 0.726. The summed E-state index contributed by atoms with van der Waals surface area (Å²) in [5, 5.41) is 12.6. The molecule has 2 atom stereocenters. The van der Waals surface area contributed by atoms with Gasteiger partial charge in [-0.1, -0.05) is 18.2 Å². The number of amides is 2. The molecule has 0 spiro atoms. The first-order chi connectivity index (χ1) is 15.0. The van der Waals surface area contributed by atoms with Crippen molar-refractivity contribution in [2.75, 3.05) is 36.0 Å². The van der Waals surface area contributed by atoms with E-state index in [0.29, 0.717) is 32.0 Å². The fraction of sp³-hybridized carbons (Fsp3) is 0.364. The first kappa shape index (κ1) is 20.8. The predicted molar refractivity (Wildman–Crippen MR) is 116 cm³/mol. The molecule has 1 aromatic heterocycles. The highest BCUT2D eigenvalue weighted by Gasteiger charge is 2.32. The van der Waals surface area contributed by atoms with E-state index in [4.69, 9.17) is 4.74 Å². The molecule has 2 amide bonds. The van der Waals surface area contributed by atoms with Crippen LogP contribution in [0.3, 0.4) is 0 Å². The van der Waals surface area contributed by atoms with Gasteiger partial charge in [0.25, 0.3) is 0 Å². The first-order valence-corrected chi connectivity index (χ1v) is 10.2. The molecular weight excluding hydrogens is 398 g/mol. The first-order valence-electron chi connectivity index (χ1n) is 10.2. The molecule has 0 bridgehead atoms. The zero-order valence-electron chi connectivity index (χ0n) is 17.3. The SMILES string of the molecule is CC(=O)NC[C@H]1CN(c2ccc(C3=CCN(c4ncccn4)C(CO)C3)cc2)C(=O)O1. The lowest BCUT2D eigenvalue weighted by molar-refractivity contribution is -0.119. The van der Waals surface area contributed by atoms with E-state index in [1.807, 2.05) is 29.2 Å². The Kier molecular flexibility index (Phi) is 6.13. The van der Waals surface area contributed by atoms with Gasteiger partial charge in [-0.15, -0.1) is 0 Å². The lowest BCUT2D eigenvalue weighted by Gasteiger charge is -2.34. The van der Waals surface area contributed by atoms with Gasteiger partial charge in [-0.25, -0.2) is 14.8 Å². The highest BCUT2D eigenvalue weighted by atomic mass is 16.6. The fourth-order valence-electron chi connectivity index (χ4n) is 3.84. The summed E-state index contributed by atoms with van der Waals surface area (Å²) in [6.45, 7) is 2.73. The zero-order chi connectivity index (χ0) is 21.8. The molecule has 9 heteroatoms. The molecule has 1 saturated heterocycles. The van der Waals surface area contributed by atoms with Gasteiger partial charge >= 0.3 is 6.09 Å². The van der Waals surface area contributed by atoms with Gasteiger partial charge in [0.05, 0.1) is 25.7 Å². The Balaban J connectivity index is 1.44. The maximum atomic E-state index is 12.2. The van der Waals surface area contributed by atoms with Crippen LogP contribution in [0.1, 0.15) is 18.9 Å². The van der Waals surface area contributed by atoms with E-state index in [1.165, 1.54) is 6.92 Å². The van der Waals surface area contributed by atoms with E-state index in [0.717, 1.165) is 16.8 Å². The minimum absolute atomic E-state index is 0.00296. The van der Waals surface area contributed by atoms with Crippen LogP contribution in [0, 0.1) is 0 Å². The Morgan fingerprint density at radius 1 is 1.26 bits per heavy atom. The summed E-state index contributed by atoms with van der Waals surface area (Å²) in [6, 6.07) is 9.38. The molecule has 162 valence electrons. The number of ether oxygens (including phenoxy) is 1. The van der Waals surface area contributed by atoms with Crippen LogP contribution in [0.4, 0.5) is 16.4 Å². The Morgan fingerprint density at radius 2 is 2.00 bits per heavy atom. The molecule has 4 rings (SSSR count). The molecule has 0 aliphatic carbocycles. The van der Waals surface area contributed by atoms with Crippen LogP contribution >= 0.6 is 0 Å². The van der Waals surface area contributed by atoms with Gasteiger partial charge in [0.15, 0.2) is 0 Å². The Hall–Kier alpha value is -3.46. The van der Waals surface area contributed by atoms with Crippen LogP contribution in [-0.2, 0) is 9.53 Å². The van der Waals surface area contributed by atoms with Gasteiger partial charge in [0.2, 0.25) is 11.9 Å². The van der Waals surface area contributed by atoms with Crippen molar-refractivity contribution < 1.29 is 19.4 Å². The molecule has 2 aromatic rings. The third-order valence-electron chi connectivity index (χ3n) is 5.45. The van der Waals surface area contributed by atoms with Crippen molar-refractivity contribution in [3.8, 4) is 0 Å². The second kappa shape index (κ2) is 9.13. The van der Waals surface area contributed by atoms with Crippen LogP contribution in [0.2, 0.25) is 0 Å². The summed E-state index contributed by atoms with van der Waals surface area (Å²) in [7, 11) is 0. The van der Waals surface area contributed by atoms with Crippen LogP contribution in [0.5, 0.6) is 0 Å². The van der Waals surface area contributed by atoms with Crippen molar-refractivity contribution in [3.05, 3.63) is 54.4 Å². The third kappa shape index (κ3) is 4.66. The summed E-state index contributed by atoms with van der Waals surface area (Å²) >= 11 is 0. The van der Waals surface area contributed by atoms with E-state index < -0.39 is 6.09 Å². The van der Waals surface area contributed by atoms with Gasteiger partial charge in [0, 0.05) is 31.5 Å². The van der Waals surface area contributed by atoms with Gasteiger partial charge in [-0.05, 0) is 35.8 Å². The van der Waals surface area contributed by atoms with Crippen molar-refractivity contribution in [1.29, 1.82) is 0 Å². The Labute approximate surface area is 180 Å². The smallest absolute Gasteiger partial charge is 0.414 e. The van der Waals surface area contributed by atoms with E-state index >= 15 is 0 Å². The van der Waals surface area contributed by atoms with Crippen LogP contribution in [0.25, 0.3) is 5.57 Å². The molecule has 1 unspecified atom stereocenters. The Bertz CT molecular complexity index is 964. The van der Waals surface area contributed by atoms with Crippen LogP contribution in [-0.4, -0.2) is 65.5 Å². The molecular formula is C22H25N5O4. The van der Waals surface area contributed by atoms with Crippen molar-refractivity contribution in [1.82, 2.24) is 15.3 Å². The van der Waals surface area contributed by atoms with Crippen molar-refractivity contribution in [2.24, 2.45) is 0 Å². The second-order valence-corrected chi connectivity index (χ2v) is 7.57. The summed E-state index contributed by atoms with van der Waals surface area (Å²) in [4.78, 5) is 35.4. The van der Waals surface area contributed by atoms with Crippen LogP contribution < -0.4 is 15.1 Å². The molecule has 2 N–H and O–H groups in total. The van der Waals surface area contributed by atoms with Gasteiger partial charge in [-0.3, -0.25) is 9.69 Å². The minimum Gasteiger partial charge on any atom is -0.442 e. The van der Waals surface area contributed by atoms with E-state index in [1.54, 1.807) is 23.4 Å². The van der Waals surface area contributed by atoms with E-state index in [-0.39, 0.29) is 24.7 Å². The maximum absolute atomic E-state index is 12.2. The number of cyclic esters (lactones) is 1. The number of aliphatic hydroxyl groups excluding tert-OH is 1. The molecule has 0 radical (unpaired) electrons. The number of carbonyl (C=O) groups is 2. The largest absolute Gasteiger partial charge is 0.442 e. The van der Waals surface area contributed by atoms with Crippen LogP contribution in [0.15, 0.2) is 48.8 Å². The lowest BCUT2D eigenvalue weighted by Crippen LogP contribution is -2.42.